The maximum Gasteiger partial charge on any atom is 0.303 e. The monoisotopic (exact) mass is 255 g/mol. The Hall–Kier alpha value is -1.62. The Morgan fingerprint density at radius 2 is 2.22 bits per heavy atom. The van der Waals surface area contributed by atoms with E-state index in [9.17, 15) is 9.18 Å². The van der Waals surface area contributed by atoms with Gasteiger partial charge in [0.2, 0.25) is 0 Å². The fraction of sp³-hybridized carbons (Fsp3) is 0.462. The van der Waals surface area contributed by atoms with Gasteiger partial charge in [0.05, 0.1) is 6.61 Å². The second-order valence-electron chi connectivity index (χ2n) is 4.22. The van der Waals surface area contributed by atoms with E-state index in [0.29, 0.717) is 12.2 Å². The van der Waals surface area contributed by atoms with Crippen molar-refractivity contribution in [2.45, 2.75) is 26.3 Å². The van der Waals surface area contributed by atoms with Crippen molar-refractivity contribution in [3.8, 4) is 5.75 Å². The quantitative estimate of drug-likeness (QED) is 0.818. The summed E-state index contributed by atoms with van der Waals surface area (Å²) in [6.07, 6.45) is -0.0456. The number of nitrogens with two attached hydrogens (primary N) is 1. The van der Waals surface area contributed by atoms with Crippen molar-refractivity contribution >= 4 is 5.97 Å². The molecular weight excluding hydrogens is 237 g/mol. The zero-order chi connectivity index (χ0) is 13.7. The molecule has 0 fully saturated rings. The highest BCUT2D eigenvalue weighted by atomic mass is 19.1. The number of hydrogen-bond donors (Lipinski definition) is 2. The summed E-state index contributed by atoms with van der Waals surface area (Å²) < 4.78 is 18.7. The van der Waals surface area contributed by atoms with Gasteiger partial charge in [-0.05, 0) is 30.5 Å². The first-order chi connectivity index (χ1) is 8.45. The summed E-state index contributed by atoms with van der Waals surface area (Å²) in [5.41, 5.74) is 6.48. The molecule has 0 aliphatic rings. The molecule has 0 saturated carbocycles. The van der Waals surface area contributed by atoms with Crippen LogP contribution >= 0.6 is 0 Å². The lowest BCUT2D eigenvalue weighted by Gasteiger charge is -2.19. The van der Waals surface area contributed by atoms with Gasteiger partial charge >= 0.3 is 5.97 Å². The van der Waals surface area contributed by atoms with Crippen LogP contribution < -0.4 is 10.5 Å². The van der Waals surface area contributed by atoms with E-state index in [1.54, 1.807) is 19.9 Å². The standard InChI is InChI=1S/C13H18FNO3/c1-3-18-11-5-4-9(7-10(11)14)13(15)8(2)6-12(16)17/h4-5,7-8,13H,3,6,15H2,1-2H3,(H,16,17). The molecule has 2 atom stereocenters. The number of hydrogen-bond acceptors (Lipinski definition) is 3. The van der Waals surface area contributed by atoms with E-state index in [2.05, 4.69) is 0 Å². The third-order valence-electron chi connectivity index (χ3n) is 2.75. The first-order valence-electron chi connectivity index (χ1n) is 5.85. The van der Waals surface area contributed by atoms with Crippen LogP contribution in [0.25, 0.3) is 0 Å². The van der Waals surface area contributed by atoms with Crippen LogP contribution in [0.5, 0.6) is 5.75 Å². The molecule has 1 rings (SSSR count). The number of halogens is 1. The molecule has 3 N–H and O–H groups in total. The molecular formula is C13H18FNO3. The lowest BCUT2D eigenvalue weighted by atomic mass is 9.92. The van der Waals surface area contributed by atoms with Crippen molar-refractivity contribution in [2.24, 2.45) is 11.7 Å². The van der Waals surface area contributed by atoms with Gasteiger partial charge in [0, 0.05) is 12.5 Å². The molecule has 0 bridgehead atoms. The van der Waals surface area contributed by atoms with Crippen molar-refractivity contribution in [1.82, 2.24) is 0 Å². The van der Waals surface area contributed by atoms with E-state index < -0.39 is 17.8 Å². The van der Waals surface area contributed by atoms with E-state index in [1.165, 1.54) is 12.1 Å². The van der Waals surface area contributed by atoms with Crippen LogP contribution in [-0.2, 0) is 4.79 Å². The van der Waals surface area contributed by atoms with Crippen LogP contribution in [0.3, 0.4) is 0 Å². The van der Waals surface area contributed by atoms with Crippen molar-refractivity contribution in [2.75, 3.05) is 6.61 Å². The predicted octanol–water partition coefficient (Wildman–Crippen LogP) is 2.33. The summed E-state index contributed by atoms with van der Waals surface area (Å²) in [4.78, 5) is 10.6. The highest BCUT2D eigenvalue weighted by Gasteiger charge is 2.19. The van der Waals surface area contributed by atoms with E-state index in [0.717, 1.165) is 0 Å². The third-order valence-corrected chi connectivity index (χ3v) is 2.75. The molecule has 0 aliphatic heterocycles. The highest BCUT2D eigenvalue weighted by Crippen LogP contribution is 2.26. The van der Waals surface area contributed by atoms with Gasteiger partial charge in [-0.25, -0.2) is 4.39 Å². The normalized spacial score (nSPS) is 14.0. The Morgan fingerprint density at radius 1 is 1.56 bits per heavy atom. The van der Waals surface area contributed by atoms with Crippen LogP contribution in [0.15, 0.2) is 18.2 Å². The van der Waals surface area contributed by atoms with Crippen LogP contribution in [0.2, 0.25) is 0 Å². The van der Waals surface area contributed by atoms with Gasteiger partial charge in [-0.2, -0.15) is 0 Å². The molecule has 1 aromatic carbocycles. The maximum absolute atomic E-state index is 13.6. The number of carboxylic acid groups (broad SMARTS) is 1. The van der Waals surface area contributed by atoms with Gasteiger partial charge in [-0.3, -0.25) is 4.79 Å². The SMILES string of the molecule is CCOc1ccc(C(N)C(C)CC(=O)O)cc1F. The molecule has 0 spiro atoms. The second kappa shape index (κ2) is 6.35. The fourth-order valence-electron chi connectivity index (χ4n) is 1.73. The molecule has 0 aliphatic carbocycles. The minimum absolute atomic E-state index is 0.0456. The average molecular weight is 255 g/mol. The lowest BCUT2D eigenvalue weighted by molar-refractivity contribution is -0.138. The molecule has 2 unspecified atom stereocenters. The van der Waals surface area contributed by atoms with Crippen LogP contribution in [0.4, 0.5) is 4.39 Å². The minimum atomic E-state index is -0.913. The summed E-state index contributed by atoms with van der Waals surface area (Å²) in [6.45, 7) is 3.89. The first-order valence-corrected chi connectivity index (χ1v) is 5.85. The van der Waals surface area contributed by atoms with Gasteiger partial charge in [-0.1, -0.05) is 13.0 Å². The first kappa shape index (κ1) is 14.4. The van der Waals surface area contributed by atoms with Crippen molar-refractivity contribution in [3.63, 3.8) is 0 Å². The Balaban J connectivity index is 2.83. The number of carboxylic acids is 1. The Bertz CT molecular complexity index is 423. The summed E-state index contributed by atoms with van der Waals surface area (Å²) in [5.74, 6) is -1.48. The third kappa shape index (κ3) is 3.70. The van der Waals surface area contributed by atoms with Crippen LogP contribution in [0.1, 0.15) is 31.9 Å². The van der Waals surface area contributed by atoms with Crippen molar-refractivity contribution in [1.29, 1.82) is 0 Å². The minimum Gasteiger partial charge on any atom is -0.491 e. The Kier molecular flexibility index (Phi) is 5.09. The molecule has 18 heavy (non-hydrogen) atoms. The molecule has 100 valence electrons. The zero-order valence-electron chi connectivity index (χ0n) is 10.5. The summed E-state index contributed by atoms with van der Waals surface area (Å²) in [5, 5.41) is 8.70. The summed E-state index contributed by atoms with van der Waals surface area (Å²) in [7, 11) is 0. The van der Waals surface area contributed by atoms with Crippen molar-refractivity contribution < 1.29 is 19.0 Å². The molecule has 0 amide bonds. The molecule has 5 heteroatoms. The molecule has 0 saturated heterocycles. The lowest BCUT2D eigenvalue weighted by Crippen LogP contribution is -2.21. The molecule has 1 aromatic rings. The van der Waals surface area contributed by atoms with E-state index in [1.807, 2.05) is 0 Å². The van der Waals surface area contributed by atoms with Crippen molar-refractivity contribution in [3.05, 3.63) is 29.6 Å². The van der Waals surface area contributed by atoms with Gasteiger partial charge in [0.1, 0.15) is 0 Å². The summed E-state index contributed by atoms with van der Waals surface area (Å²) in [6, 6.07) is 3.97. The van der Waals surface area contributed by atoms with Crippen LogP contribution in [-0.4, -0.2) is 17.7 Å². The van der Waals surface area contributed by atoms with E-state index >= 15 is 0 Å². The number of carbonyl (C=O) groups is 1. The largest absolute Gasteiger partial charge is 0.491 e. The van der Waals surface area contributed by atoms with Gasteiger partial charge in [0.25, 0.3) is 0 Å². The molecule has 4 nitrogen and oxygen atoms in total. The maximum atomic E-state index is 13.6. The smallest absolute Gasteiger partial charge is 0.303 e. The Morgan fingerprint density at radius 3 is 2.72 bits per heavy atom. The molecule has 0 aromatic heterocycles. The second-order valence-corrected chi connectivity index (χ2v) is 4.22. The molecule has 0 heterocycles. The topological polar surface area (TPSA) is 72.5 Å². The summed E-state index contributed by atoms with van der Waals surface area (Å²) >= 11 is 0. The zero-order valence-corrected chi connectivity index (χ0v) is 10.5. The molecule has 0 radical (unpaired) electrons. The fourth-order valence-corrected chi connectivity index (χ4v) is 1.73. The van der Waals surface area contributed by atoms with Gasteiger partial charge in [-0.15, -0.1) is 0 Å². The number of benzene rings is 1. The highest BCUT2D eigenvalue weighted by molar-refractivity contribution is 5.67. The van der Waals surface area contributed by atoms with Crippen LogP contribution in [0, 0.1) is 11.7 Å². The number of rotatable bonds is 6. The van der Waals surface area contributed by atoms with Gasteiger partial charge < -0.3 is 15.6 Å². The van der Waals surface area contributed by atoms with E-state index in [-0.39, 0.29) is 18.1 Å². The van der Waals surface area contributed by atoms with E-state index in [4.69, 9.17) is 15.6 Å². The number of aliphatic carboxylic acids is 1. The average Bonchev–Trinajstić information content (AvgIpc) is 2.30. The number of ether oxygens (including phenoxy) is 1. The Labute approximate surface area is 106 Å². The van der Waals surface area contributed by atoms with Gasteiger partial charge in [0.15, 0.2) is 11.6 Å². The predicted molar refractivity (Wildman–Crippen MR) is 65.9 cm³/mol.